The van der Waals surface area contributed by atoms with Crippen LogP contribution in [0.5, 0.6) is 0 Å². The van der Waals surface area contributed by atoms with E-state index in [1.807, 2.05) is 0 Å². The molecule has 2 fully saturated rings. The molecular formula is C16H18F3N3O2S. The van der Waals surface area contributed by atoms with Crippen LogP contribution in [0.4, 0.5) is 19.0 Å². The summed E-state index contributed by atoms with van der Waals surface area (Å²) in [7, 11) is 0. The fourth-order valence-corrected chi connectivity index (χ4v) is 4.53. The lowest BCUT2D eigenvalue weighted by Crippen LogP contribution is -2.32. The molecule has 0 unspecified atom stereocenters. The molecule has 0 saturated carbocycles. The zero-order valence-corrected chi connectivity index (χ0v) is 14.3. The number of fused-ring (bicyclic) bond motifs is 1. The van der Waals surface area contributed by atoms with Crippen LogP contribution >= 0.6 is 11.3 Å². The van der Waals surface area contributed by atoms with E-state index in [-0.39, 0.29) is 4.88 Å². The molecule has 5 nitrogen and oxygen atoms in total. The van der Waals surface area contributed by atoms with E-state index in [2.05, 4.69) is 14.9 Å². The quantitative estimate of drug-likeness (QED) is 0.806. The summed E-state index contributed by atoms with van der Waals surface area (Å²) in [6.07, 6.45) is -1.31. The van der Waals surface area contributed by atoms with Crippen molar-refractivity contribution in [3.63, 3.8) is 0 Å². The summed E-state index contributed by atoms with van der Waals surface area (Å²) in [4.78, 5) is 11.5. The minimum Gasteiger partial charge on any atom is -0.356 e. The number of nitrogens with zero attached hydrogens (tertiary/aromatic N) is 3. The molecule has 4 heterocycles. The minimum atomic E-state index is -4.22. The van der Waals surface area contributed by atoms with E-state index in [4.69, 9.17) is 9.47 Å². The Balaban J connectivity index is 1.60. The Morgan fingerprint density at radius 1 is 1.16 bits per heavy atom. The zero-order chi connectivity index (χ0) is 17.5. The first-order chi connectivity index (χ1) is 11.9. The van der Waals surface area contributed by atoms with Crippen LogP contribution in [0.1, 0.15) is 24.1 Å². The number of halogens is 3. The highest BCUT2D eigenvalue weighted by Gasteiger charge is 2.38. The maximum Gasteiger partial charge on any atom is 0.393 e. The Morgan fingerprint density at radius 2 is 1.96 bits per heavy atom. The lowest BCUT2D eigenvalue weighted by Gasteiger charge is -2.26. The lowest BCUT2D eigenvalue weighted by atomic mass is 10.1. The van der Waals surface area contributed by atoms with Crippen LogP contribution in [-0.2, 0) is 15.9 Å². The van der Waals surface area contributed by atoms with Crippen LogP contribution in [0.15, 0.2) is 12.4 Å². The molecule has 0 bridgehead atoms. The van der Waals surface area contributed by atoms with Gasteiger partial charge in [-0.05, 0) is 12.5 Å². The Bertz CT molecular complexity index is 759. The average molecular weight is 373 g/mol. The molecule has 2 aromatic rings. The van der Waals surface area contributed by atoms with Gasteiger partial charge in [-0.1, -0.05) is 0 Å². The maximum absolute atomic E-state index is 12.7. The molecule has 136 valence electrons. The molecule has 0 radical (unpaired) electrons. The van der Waals surface area contributed by atoms with Gasteiger partial charge in [0, 0.05) is 30.8 Å². The number of ether oxygens (including phenoxy) is 2. The minimum absolute atomic E-state index is 0.262. The van der Waals surface area contributed by atoms with E-state index in [0.717, 1.165) is 37.1 Å². The molecular weight excluding hydrogens is 355 g/mol. The summed E-state index contributed by atoms with van der Waals surface area (Å²) in [6, 6.07) is 1.58. The molecule has 25 heavy (non-hydrogen) atoms. The second-order valence-corrected chi connectivity index (χ2v) is 7.48. The van der Waals surface area contributed by atoms with Crippen LogP contribution in [0.25, 0.3) is 10.2 Å². The van der Waals surface area contributed by atoms with Gasteiger partial charge in [-0.15, -0.1) is 11.3 Å². The van der Waals surface area contributed by atoms with Gasteiger partial charge < -0.3 is 14.4 Å². The summed E-state index contributed by atoms with van der Waals surface area (Å²) in [5.74, 6) is 0.196. The van der Waals surface area contributed by atoms with Gasteiger partial charge in [-0.2, -0.15) is 13.2 Å². The van der Waals surface area contributed by atoms with Gasteiger partial charge in [0.15, 0.2) is 5.79 Å². The molecule has 0 N–H and O–H groups in total. The van der Waals surface area contributed by atoms with Crippen LogP contribution < -0.4 is 4.90 Å². The lowest BCUT2D eigenvalue weighted by molar-refractivity contribution is -0.162. The summed E-state index contributed by atoms with van der Waals surface area (Å²) >= 11 is 1.08. The second kappa shape index (κ2) is 6.37. The van der Waals surface area contributed by atoms with E-state index in [0.29, 0.717) is 35.8 Å². The highest BCUT2D eigenvalue weighted by Crippen LogP contribution is 2.36. The molecule has 9 heteroatoms. The Morgan fingerprint density at radius 3 is 2.72 bits per heavy atom. The smallest absolute Gasteiger partial charge is 0.356 e. The van der Waals surface area contributed by atoms with E-state index in [1.165, 1.54) is 6.33 Å². The molecule has 1 spiro atoms. The van der Waals surface area contributed by atoms with Crippen LogP contribution in [0, 0.1) is 0 Å². The van der Waals surface area contributed by atoms with Crippen molar-refractivity contribution in [2.45, 2.75) is 37.6 Å². The third-order valence-corrected chi connectivity index (χ3v) is 5.64. The van der Waals surface area contributed by atoms with E-state index in [1.54, 1.807) is 6.07 Å². The van der Waals surface area contributed by atoms with Gasteiger partial charge in [0.2, 0.25) is 0 Å². The van der Waals surface area contributed by atoms with Crippen molar-refractivity contribution in [1.29, 1.82) is 0 Å². The van der Waals surface area contributed by atoms with Gasteiger partial charge in [-0.3, -0.25) is 0 Å². The second-order valence-electron chi connectivity index (χ2n) is 6.37. The van der Waals surface area contributed by atoms with Gasteiger partial charge in [-0.25, -0.2) is 9.97 Å². The first-order valence-corrected chi connectivity index (χ1v) is 9.09. The molecule has 2 aliphatic rings. The predicted molar refractivity (Wildman–Crippen MR) is 87.9 cm³/mol. The molecule has 0 aliphatic carbocycles. The number of rotatable bonds is 2. The summed E-state index contributed by atoms with van der Waals surface area (Å²) in [5.41, 5.74) is 0. The number of aromatic nitrogens is 2. The van der Waals surface area contributed by atoms with Crippen LogP contribution in [0.3, 0.4) is 0 Å². The number of hydrogen-bond acceptors (Lipinski definition) is 6. The number of alkyl halides is 3. The van der Waals surface area contributed by atoms with Crippen molar-refractivity contribution >= 4 is 27.4 Å². The van der Waals surface area contributed by atoms with Crippen molar-refractivity contribution in [2.75, 3.05) is 31.2 Å². The standard InChI is InChI=1S/C16H18F3N3O2S/c17-16(18,19)9-11-8-12-13(20-10-21-14(12)25-11)22-4-1-2-15(3-5-22)23-6-7-24-15/h8,10H,1-7,9H2. The van der Waals surface area contributed by atoms with Crippen molar-refractivity contribution in [1.82, 2.24) is 9.97 Å². The molecule has 0 aromatic carbocycles. The molecule has 0 atom stereocenters. The monoisotopic (exact) mass is 373 g/mol. The topological polar surface area (TPSA) is 47.5 Å². The first-order valence-electron chi connectivity index (χ1n) is 8.27. The van der Waals surface area contributed by atoms with Crippen molar-refractivity contribution in [3.05, 3.63) is 17.3 Å². The fourth-order valence-electron chi connectivity index (χ4n) is 3.51. The zero-order valence-electron chi connectivity index (χ0n) is 13.5. The SMILES string of the molecule is FC(F)(F)Cc1cc2c(N3CCCC4(CC3)OCCO4)ncnc2s1. The normalized spacial score (nSPS) is 21.2. The summed E-state index contributed by atoms with van der Waals surface area (Å²) < 4.78 is 49.6. The van der Waals surface area contributed by atoms with E-state index >= 15 is 0 Å². The van der Waals surface area contributed by atoms with Gasteiger partial charge in [0.05, 0.1) is 25.0 Å². The largest absolute Gasteiger partial charge is 0.393 e. The fraction of sp³-hybridized carbons (Fsp3) is 0.625. The Hall–Kier alpha value is -1.45. The predicted octanol–water partition coefficient (Wildman–Crippen LogP) is 3.53. The Kier molecular flexibility index (Phi) is 4.33. The van der Waals surface area contributed by atoms with Crippen LogP contribution in [-0.4, -0.2) is 48.2 Å². The van der Waals surface area contributed by atoms with Gasteiger partial charge in [0.1, 0.15) is 17.0 Å². The molecule has 0 amide bonds. The van der Waals surface area contributed by atoms with Crippen LogP contribution in [0.2, 0.25) is 0 Å². The Labute approximate surface area is 146 Å². The van der Waals surface area contributed by atoms with E-state index in [9.17, 15) is 13.2 Å². The third kappa shape index (κ3) is 3.58. The first kappa shape index (κ1) is 17.0. The van der Waals surface area contributed by atoms with E-state index < -0.39 is 18.4 Å². The summed E-state index contributed by atoms with van der Waals surface area (Å²) in [5, 5.41) is 0.691. The third-order valence-electron chi connectivity index (χ3n) is 4.60. The number of thiophene rings is 1. The highest BCUT2D eigenvalue weighted by atomic mass is 32.1. The summed E-state index contributed by atoms with van der Waals surface area (Å²) in [6.45, 7) is 2.69. The van der Waals surface area contributed by atoms with Crippen molar-refractivity contribution < 1.29 is 22.6 Å². The highest BCUT2D eigenvalue weighted by molar-refractivity contribution is 7.18. The number of anilines is 1. The van der Waals surface area contributed by atoms with Gasteiger partial charge >= 0.3 is 6.18 Å². The molecule has 2 aliphatic heterocycles. The average Bonchev–Trinajstić information content (AvgIpc) is 3.09. The maximum atomic E-state index is 12.7. The van der Waals surface area contributed by atoms with Crippen molar-refractivity contribution in [3.8, 4) is 0 Å². The van der Waals surface area contributed by atoms with Gasteiger partial charge in [0.25, 0.3) is 0 Å². The molecule has 4 rings (SSSR count). The molecule has 2 saturated heterocycles. The molecule has 2 aromatic heterocycles. The number of hydrogen-bond donors (Lipinski definition) is 0. The van der Waals surface area contributed by atoms with Crippen molar-refractivity contribution in [2.24, 2.45) is 0 Å².